The zero-order chi connectivity index (χ0) is 15.4. The molecule has 1 aliphatic heterocycles. The number of nitrogens with one attached hydrogen (secondary N) is 2. The molecule has 2 fully saturated rings. The molecule has 1 aromatic carbocycles. The number of hydrogen-bond acceptors (Lipinski definition) is 1. The number of hydrogen-bond donors (Lipinski definition) is 2. The molecule has 0 atom stereocenters. The maximum absolute atomic E-state index is 12.9. The van der Waals surface area contributed by atoms with E-state index in [2.05, 4.69) is 5.32 Å². The minimum absolute atomic E-state index is 0.180. The van der Waals surface area contributed by atoms with Gasteiger partial charge in [-0.2, -0.15) is 0 Å². The van der Waals surface area contributed by atoms with Crippen LogP contribution in [0.1, 0.15) is 44.1 Å². The molecule has 0 bridgehead atoms. The molecule has 22 heavy (non-hydrogen) atoms. The van der Waals surface area contributed by atoms with Gasteiger partial charge in [0.2, 0.25) is 5.91 Å². The van der Waals surface area contributed by atoms with Crippen molar-refractivity contribution >= 4 is 5.91 Å². The van der Waals surface area contributed by atoms with Crippen molar-refractivity contribution in [3.05, 3.63) is 35.6 Å². The van der Waals surface area contributed by atoms with Crippen LogP contribution in [0.2, 0.25) is 0 Å². The summed E-state index contributed by atoms with van der Waals surface area (Å²) in [5.74, 6) is 0.284. The van der Waals surface area contributed by atoms with Gasteiger partial charge < -0.3 is 10.2 Å². The van der Waals surface area contributed by atoms with E-state index in [1.807, 2.05) is 12.1 Å². The Kier molecular flexibility index (Phi) is 5.08. The van der Waals surface area contributed by atoms with Gasteiger partial charge in [0, 0.05) is 30.4 Å². The highest BCUT2D eigenvalue weighted by Gasteiger charge is 2.29. The summed E-state index contributed by atoms with van der Waals surface area (Å²) in [6.07, 6.45) is 6.75. The van der Waals surface area contributed by atoms with Crippen LogP contribution in [0.3, 0.4) is 0 Å². The maximum Gasteiger partial charge on any atom is 0.223 e. The molecule has 0 radical (unpaired) electrons. The zero-order valence-corrected chi connectivity index (χ0v) is 13.1. The van der Waals surface area contributed by atoms with Crippen LogP contribution in [0.25, 0.3) is 0 Å². The molecule has 3 rings (SSSR count). The molecule has 0 unspecified atom stereocenters. The fourth-order valence-corrected chi connectivity index (χ4v) is 3.75. The van der Waals surface area contributed by atoms with E-state index < -0.39 is 0 Å². The Hall–Kier alpha value is -1.42. The van der Waals surface area contributed by atoms with Crippen LogP contribution in [0, 0.1) is 11.7 Å². The fraction of sp³-hybridized carbons (Fsp3) is 0.611. The number of quaternary nitrogens is 1. The highest BCUT2D eigenvalue weighted by atomic mass is 19.1. The van der Waals surface area contributed by atoms with E-state index in [1.165, 1.54) is 35.4 Å². The predicted molar refractivity (Wildman–Crippen MR) is 83.9 cm³/mol. The van der Waals surface area contributed by atoms with Crippen molar-refractivity contribution in [3.8, 4) is 0 Å². The molecular weight excluding hydrogens is 279 g/mol. The number of likely N-dealkylation sites (tertiary alicyclic amines) is 1. The smallest absolute Gasteiger partial charge is 0.223 e. The molecule has 1 amide bonds. The highest BCUT2D eigenvalue weighted by Crippen LogP contribution is 2.19. The van der Waals surface area contributed by atoms with Crippen LogP contribution in [0.15, 0.2) is 24.3 Å². The summed E-state index contributed by atoms with van der Waals surface area (Å²) in [6, 6.07) is 7.20. The molecule has 1 saturated carbocycles. The van der Waals surface area contributed by atoms with Crippen molar-refractivity contribution < 1.29 is 14.1 Å². The standard InChI is InChI=1S/C18H25FN2O/c19-16-7-5-14(6-8-16)13-21-11-9-15(10-12-21)18(22)20-17-3-1-2-4-17/h5-8,15,17H,1-4,9-13H2,(H,20,22)/p+1. The van der Waals surface area contributed by atoms with Gasteiger partial charge in [0.15, 0.2) is 0 Å². The fourth-order valence-electron chi connectivity index (χ4n) is 3.75. The minimum Gasteiger partial charge on any atom is -0.353 e. The van der Waals surface area contributed by atoms with Crippen molar-refractivity contribution in [1.82, 2.24) is 5.32 Å². The largest absolute Gasteiger partial charge is 0.353 e. The lowest BCUT2D eigenvalue weighted by molar-refractivity contribution is -0.919. The van der Waals surface area contributed by atoms with Gasteiger partial charge >= 0.3 is 0 Å². The first-order chi connectivity index (χ1) is 10.7. The number of rotatable bonds is 4. The van der Waals surface area contributed by atoms with Crippen molar-refractivity contribution in [2.24, 2.45) is 5.92 Å². The van der Waals surface area contributed by atoms with E-state index in [4.69, 9.17) is 0 Å². The molecule has 3 nitrogen and oxygen atoms in total. The molecule has 2 aliphatic rings. The van der Waals surface area contributed by atoms with Crippen molar-refractivity contribution in [2.45, 2.75) is 51.1 Å². The summed E-state index contributed by atoms with van der Waals surface area (Å²) < 4.78 is 12.9. The number of benzene rings is 1. The van der Waals surface area contributed by atoms with E-state index in [-0.39, 0.29) is 17.6 Å². The molecular formula is C18H26FN2O+. The monoisotopic (exact) mass is 305 g/mol. The van der Waals surface area contributed by atoms with Crippen LogP contribution in [0.4, 0.5) is 4.39 Å². The normalized spacial score (nSPS) is 26.0. The first-order valence-electron chi connectivity index (χ1n) is 8.59. The Balaban J connectivity index is 1.43. The van der Waals surface area contributed by atoms with Crippen molar-refractivity contribution in [1.29, 1.82) is 0 Å². The Morgan fingerprint density at radius 1 is 1.09 bits per heavy atom. The van der Waals surface area contributed by atoms with E-state index >= 15 is 0 Å². The number of piperidine rings is 1. The number of halogens is 1. The lowest BCUT2D eigenvalue weighted by Crippen LogP contribution is -3.11. The van der Waals surface area contributed by atoms with Gasteiger partial charge in [-0.25, -0.2) is 4.39 Å². The van der Waals surface area contributed by atoms with Crippen LogP contribution < -0.4 is 10.2 Å². The molecule has 120 valence electrons. The van der Waals surface area contributed by atoms with Gasteiger partial charge in [0.25, 0.3) is 0 Å². The second-order valence-corrected chi connectivity index (χ2v) is 6.82. The Morgan fingerprint density at radius 2 is 1.73 bits per heavy atom. The topological polar surface area (TPSA) is 33.5 Å². The highest BCUT2D eigenvalue weighted by molar-refractivity contribution is 5.79. The van der Waals surface area contributed by atoms with Crippen LogP contribution >= 0.6 is 0 Å². The quantitative estimate of drug-likeness (QED) is 0.872. The third-order valence-electron chi connectivity index (χ3n) is 5.13. The molecule has 4 heteroatoms. The van der Waals surface area contributed by atoms with Crippen LogP contribution in [-0.4, -0.2) is 25.0 Å². The molecule has 1 saturated heterocycles. The Bertz CT molecular complexity index is 488. The van der Waals surface area contributed by atoms with E-state index in [9.17, 15) is 9.18 Å². The number of carbonyl (C=O) groups is 1. The van der Waals surface area contributed by atoms with Crippen molar-refractivity contribution in [2.75, 3.05) is 13.1 Å². The Labute approximate surface area is 131 Å². The second kappa shape index (κ2) is 7.23. The molecule has 0 aromatic heterocycles. The van der Waals surface area contributed by atoms with Gasteiger partial charge in [-0.1, -0.05) is 25.0 Å². The molecule has 0 spiro atoms. The maximum atomic E-state index is 12.9. The third-order valence-corrected chi connectivity index (χ3v) is 5.13. The summed E-state index contributed by atoms with van der Waals surface area (Å²) in [5.41, 5.74) is 1.17. The van der Waals surface area contributed by atoms with E-state index in [0.717, 1.165) is 45.3 Å². The lowest BCUT2D eigenvalue weighted by Gasteiger charge is -2.29. The average molecular weight is 305 g/mol. The first-order valence-corrected chi connectivity index (χ1v) is 8.59. The van der Waals surface area contributed by atoms with E-state index in [0.29, 0.717) is 6.04 Å². The lowest BCUT2D eigenvalue weighted by atomic mass is 9.95. The first kappa shape index (κ1) is 15.5. The number of amides is 1. The Morgan fingerprint density at radius 3 is 2.36 bits per heavy atom. The molecule has 1 aromatic rings. The van der Waals surface area contributed by atoms with Gasteiger partial charge in [-0.05, 0) is 25.0 Å². The van der Waals surface area contributed by atoms with Gasteiger partial charge in [-0.15, -0.1) is 0 Å². The zero-order valence-electron chi connectivity index (χ0n) is 13.1. The molecule has 2 N–H and O–H groups in total. The van der Waals surface area contributed by atoms with Crippen LogP contribution in [-0.2, 0) is 11.3 Å². The summed E-state index contributed by atoms with van der Waals surface area (Å²) in [7, 11) is 0. The van der Waals surface area contributed by atoms with Gasteiger partial charge in [-0.3, -0.25) is 4.79 Å². The summed E-state index contributed by atoms with van der Waals surface area (Å²) in [5, 5.41) is 3.23. The third kappa shape index (κ3) is 4.07. The molecule has 1 heterocycles. The van der Waals surface area contributed by atoms with E-state index in [1.54, 1.807) is 0 Å². The van der Waals surface area contributed by atoms with Crippen molar-refractivity contribution in [3.63, 3.8) is 0 Å². The SMILES string of the molecule is O=C(NC1CCCC1)C1CC[NH+](Cc2ccc(F)cc2)CC1. The second-order valence-electron chi connectivity index (χ2n) is 6.82. The predicted octanol–water partition coefficient (Wildman–Crippen LogP) is 1.68. The molecule has 1 aliphatic carbocycles. The summed E-state index contributed by atoms with van der Waals surface area (Å²) in [6.45, 7) is 2.98. The van der Waals surface area contributed by atoms with Gasteiger partial charge in [0.1, 0.15) is 12.4 Å². The van der Waals surface area contributed by atoms with Crippen LogP contribution in [0.5, 0.6) is 0 Å². The van der Waals surface area contributed by atoms with Gasteiger partial charge in [0.05, 0.1) is 13.1 Å². The minimum atomic E-state index is -0.180. The average Bonchev–Trinajstić information content (AvgIpc) is 3.03. The summed E-state index contributed by atoms with van der Waals surface area (Å²) in [4.78, 5) is 13.8. The number of carbonyl (C=O) groups excluding carboxylic acids is 1. The summed E-state index contributed by atoms with van der Waals surface area (Å²) >= 11 is 0.